The molecule has 1 aliphatic rings. The van der Waals surface area contributed by atoms with Gasteiger partial charge in [0.2, 0.25) is 5.91 Å². The van der Waals surface area contributed by atoms with Crippen molar-refractivity contribution in [3.63, 3.8) is 0 Å². The molecule has 0 aromatic heterocycles. The third-order valence-electron chi connectivity index (χ3n) is 2.92. The van der Waals surface area contributed by atoms with Crippen LogP contribution in [0.4, 0.5) is 0 Å². The zero-order valence-electron chi connectivity index (χ0n) is 10.8. The van der Waals surface area contributed by atoms with Gasteiger partial charge >= 0.3 is 0 Å². The van der Waals surface area contributed by atoms with Gasteiger partial charge < -0.3 is 4.90 Å². The lowest BCUT2D eigenvalue weighted by atomic mass is 10.1. The van der Waals surface area contributed by atoms with E-state index in [9.17, 15) is 9.59 Å². The summed E-state index contributed by atoms with van der Waals surface area (Å²) in [5.41, 5.74) is 3.45. The van der Waals surface area contributed by atoms with E-state index in [2.05, 4.69) is 10.5 Å². The fraction of sp³-hybridized carbons (Fsp3) is 0.308. The Bertz CT molecular complexity index is 587. The quantitative estimate of drug-likeness (QED) is 0.930. The van der Waals surface area contributed by atoms with Gasteiger partial charge in [-0.25, -0.2) is 5.43 Å². The molecule has 0 spiro atoms. The molecule has 1 heterocycles. The summed E-state index contributed by atoms with van der Waals surface area (Å²) >= 11 is 11.9. The molecule has 7 heteroatoms. The van der Waals surface area contributed by atoms with Gasteiger partial charge in [0.1, 0.15) is 5.71 Å². The summed E-state index contributed by atoms with van der Waals surface area (Å²) < 4.78 is 0. The Hall–Kier alpha value is -1.59. The maximum atomic E-state index is 12.2. The van der Waals surface area contributed by atoms with Crippen LogP contribution in [0.5, 0.6) is 0 Å². The molecule has 0 atom stereocenters. The zero-order valence-corrected chi connectivity index (χ0v) is 12.3. The van der Waals surface area contributed by atoms with Crippen LogP contribution in [-0.4, -0.2) is 29.5 Å². The number of benzene rings is 1. The van der Waals surface area contributed by atoms with Gasteiger partial charge in [-0.05, 0) is 17.7 Å². The van der Waals surface area contributed by atoms with Crippen molar-refractivity contribution in [2.75, 3.05) is 7.05 Å². The number of nitrogens with zero attached hydrogens (tertiary/aromatic N) is 2. The third kappa shape index (κ3) is 3.49. The van der Waals surface area contributed by atoms with Crippen LogP contribution in [0.1, 0.15) is 18.4 Å². The monoisotopic (exact) mass is 313 g/mol. The molecular weight excluding hydrogens is 301 g/mol. The number of carbonyl (C=O) groups excluding carboxylic acids is 2. The van der Waals surface area contributed by atoms with Crippen molar-refractivity contribution in [1.29, 1.82) is 0 Å². The number of nitrogens with one attached hydrogen (secondary N) is 1. The molecular formula is C13H13Cl2N3O2. The highest BCUT2D eigenvalue weighted by atomic mass is 35.5. The first kappa shape index (κ1) is 14.8. The van der Waals surface area contributed by atoms with Gasteiger partial charge in [0.25, 0.3) is 5.91 Å². The van der Waals surface area contributed by atoms with Crippen molar-refractivity contribution in [3.8, 4) is 0 Å². The lowest BCUT2D eigenvalue weighted by Crippen LogP contribution is -2.37. The van der Waals surface area contributed by atoms with Gasteiger partial charge in [0.15, 0.2) is 0 Å². The van der Waals surface area contributed by atoms with Crippen molar-refractivity contribution < 1.29 is 9.59 Å². The Morgan fingerprint density at radius 2 is 2.15 bits per heavy atom. The van der Waals surface area contributed by atoms with Crippen LogP contribution in [0.15, 0.2) is 23.3 Å². The molecule has 0 unspecified atom stereocenters. The van der Waals surface area contributed by atoms with Gasteiger partial charge in [0.05, 0.1) is 0 Å². The van der Waals surface area contributed by atoms with Crippen molar-refractivity contribution >= 4 is 40.7 Å². The number of hydrogen-bond acceptors (Lipinski definition) is 3. The average molecular weight is 314 g/mol. The van der Waals surface area contributed by atoms with Crippen LogP contribution in [-0.2, 0) is 16.1 Å². The zero-order chi connectivity index (χ0) is 14.7. The Morgan fingerprint density at radius 3 is 2.75 bits per heavy atom. The fourth-order valence-electron chi connectivity index (χ4n) is 1.83. The highest BCUT2D eigenvalue weighted by Gasteiger charge is 2.21. The molecule has 2 rings (SSSR count). The molecule has 1 aromatic carbocycles. The Kier molecular flexibility index (Phi) is 4.62. The van der Waals surface area contributed by atoms with Crippen LogP contribution >= 0.6 is 23.2 Å². The largest absolute Gasteiger partial charge is 0.336 e. The lowest BCUT2D eigenvalue weighted by Gasteiger charge is -2.20. The van der Waals surface area contributed by atoms with Crippen LogP contribution < -0.4 is 5.43 Å². The van der Waals surface area contributed by atoms with E-state index in [1.807, 2.05) is 0 Å². The van der Waals surface area contributed by atoms with Gasteiger partial charge in [-0.15, -0.1) is 0 Å². The minimum atomic E-state index is -0.226. The smallest absolute Gasteiger partial charge is 0.270 e. The molecule has 1 aliphatic heterocycles. The number of rotatable bonds is 3. The van der Waals surface area contributed by atoms with E-state index in [1.165, 1.54) is 4.90 Å². The number of carbonyl (C=O) groups is 2. The van der Waals surface area contributed by atoms with Crippen LogP contribution in [0.3, 0.4) is 0 Å². The second-order valence-corrected chi connectivity index (χ2v) is 5.33. The summed E-state index contributed by atoms with van der Waals surface area (Å²) in [6, 6.07) is 5.13. The molecule has 5 nitrogen and oxygen atoms in total. The number of hydrazone groups is 1. The Balaban J connectivity index is 2.06. The normalized spacial score (nSPS) is 14.6. The molecule has 1 aromatic rings. The highest BCUT2D eigenvalue weighted by Crippen LogP contribution is 2.22. The van der Waals surface area contributed by atoms with Crippen LogP contribution in [0.2, 0.25) is 10.0 Å². The Labute approximate surface area is 126 Å². The number of amides is 2. The van der Waals surface area contributed by atoms with Gasteiger partial charge in [-0.3, -0.25) is 9.59 Å². The van der Waals surface area contributed by atoms with E-state index in [4.69, 9.17) is 23.2 Å². The Morgan fingerprint density at radius 1 is 1.40 bits per heavy atom. The van der Waals surface area contributed by atoms with Crippen LogP contribution in [0.25, 0.3) is 0 Å². The summed E-state index contributed by atoms with van der Waals surface area (Å²) in [5.74, 6) is -0.402. The minimum Gasteiger partial charge on any atom is -0.336 e. The maximum Gasteiger partial charge on any atom is 0.270 e. The second-order valence-electron chi connectivity index (χ2n) is 4.49. The first-order chi connectivity index (χ1) is 9.47. The van der Waals surface area contributed by atoms with E-state index in [0.29, 0.717) is 28.7 Å². The van der Waals surface area contributed by atoms with E-state index in [0.717, 1.165) is 5.56 Å². The summed E-state index contributed by atoms with van der Waals surface area (Å²) in [5, 5.41) is 4.84. The SMILES string of the molecule is CN(Cc1ccc(Cl)cc1Cl)C(=O)C1=NNC(=O)CC1. The molecule has 20 heavy (non-hydrogen) atoms. The topological polar surface area (TPSA) is 61.8 Å². The minimum absolute atomic E-state index is 0.176. The summed E-state index contributed by atoms with van der Waals surface area (Å²) in [6.07, 6.45) is 0.628. The first-order valence-corrected chi connectivity index (χ1v) is 6.78. The molecule has 0 radical (unpaired) electrons. The van der Waals surface area contributed by atoms with Gasteiger partial charge in [-0.2, -0.15) is 5.10 Å². The van der Waals surface area contributed by atoms with Crippen molar-refractivity contribution in [2.24, 2.45) is 5.10 Å². The molecule has 0 saturated carbocycles. The fourth-order valence-corrected chi connectivity index (χ4v) is 2.29. The molecule has 0 bridgehead atoms. The summed E-state index contributed by atoms with van der Waals surface area (Å²) in [7, 11) is 1.66. The predicted octanol–water partition coefficient (Wildman–Crippen LogP) is 2.22. The molecule has 0 saturated heterocycles. The third-order valence-corrected chi connectivity index (χ3v) is 3.51. The molecule has 0 fully saturated rings. The summed E-state index contributed by atoms with van der Waals surface area (Å²) in [6.45, 7) is 0.349. The van der Waals surface area contributed by atoms with Crippen molar-refractivity contribution in [3.05, 3.63) is 33.8 Å². The van der Waals surface area contributed by atoms with Crippen molar-refractivity contribution in [1.82, 2.24) is 10.3 Å². The average Bonchev–Trinajstić information content (AvgIpc) is 2.42. The van der Waals surface area contributed by atoms with Crippen molar-refractivity contribution in [2.45, 2.75) is 19.4 Å². The second kappa shape index (κ2) is 6.24. The van der Waals surface area contributed by atoms with E-state index in [-0.39, 0.29) is 18.2 Å². The van der Waals surface area contributed by atoms with Crippen LogP contribution in [0, 0.1) is 0 Å². The van der Waals surface area contributed by atoms with Gasteiger partial charge in [0, 0.05) is 36.5 Å². The lowest BCUT2D eigenvalue weighted by molar-refractivity contribution is -0.124. The molecule has 2 amide bonds. The molecule has 0 aliphatic carbocycles. The maximum absolute atomic E-state index is 12.2. The standard InChI is InChI=1S/C13H13Cl2N3O2/c1-18(7-8-2-3-9(14)6-10(8)15)13(20)11-4-5-12(19)17-16-11/h2-3,6H,4-5,7H2,1H3,(H,17,19). The number of hydrogen-bond donors (Lipinski definition) is 1. The molecule has 106 valence electrons. The van der Waals surface area contributed by atoms with E-state index in [1.54, 1.807) is 25.2 Å². The van der Waals surface area contributed by atoms with E-state index < -0.39 is 0 Å². The first-order valence-electron chi connectivity index (χ1n) is 6.02. The van der Waals surface area contributed by atoms with E-state index >= 15 is 0 Å². The van der Waals surface area contributed by atoms with Gasteiger partial charge in [-0.1, -0.05) is 29.3 Å². The highest BCUT2D eigenvalue weighted by molar-refractivity contribution is 6.39. The number of halogens is 2. The summed E-state index contributed by atoms with van der Waals surface area (Å²) in [4.78, 5) is 24.7. The molecule has 1 N–H and O–H groups in total. The predicted molar refractivity (Wildman–Crippen MR) is 77.7 cm³/mol.